The molecule has 1 fully saturated rings. The molecule has 0 saturated carbocycles. The second-order valence-electron chi connectivity index (χ2n) is 6.04. The van der Waals surface area contributed by atoms with Gasteiger partial charge in [-0.1, -0.05) is 19.1 Å². The highest BCUT2D eigenvalue weighted by Crippen LogP contribution is 2.15. The number of hydrogen-bond acceptors (Lipinski definition) is 3. The molecule has 5 nitrogen and oxygen atoms in total. The van der Waals surface area contributed by atoms with Gasteiger partial charge in [0.15, 0.2) is 5.96 Å². The molecule has 1 N–H and O–H groups in total. The standard InChI is InChI=1S/C19H31N3O2/c1-4-13-24-18-8-6-7-16(14-18)15-21-19(20-3)22-11-9-17(10-12-22)23-5-2/h6-8,14,17H,4-5,9-13,15H2,1-3H3,(H,20,21). The second kappa shape index (κ2) is 10.2. The van der Waals surface area contributed by atoms with Gasteiger partial charge in [0.25, 0.3) is 0 Å². The van der Waals surface area contributed by atoms with E-state index in [1.807, 2.05) is 19.2 Å². The SMILES string of the molecule is CCCOc1cccc(CNC(=NC)N2CCC(OCC)CC2)c1. The summed E-state index contributed by atoms with van der Waals surface area (Å²) in [6.45, 7) is 8.46. The van der Waals surface area contributed by atoms with Crippen LogP contribution >= 0.6 is 0 Å². The Morgan fingerprint density at radius 2 is 2.08 bits per heavy atom. The van der Waals surface area contributed by atoms with Gasteiger partial charge in [0.05, 0.1) is 12.7 Å². The quantitative estimate of drug-likeness (QED) is 0.615. The molecule has 1 aromatic rings. The molecule has 0 aliphatic carbocycles. The lowest BCUT2D eigenvalue weighted by molar-refractivity contribution is 0.0263. The summed E-state index contributed by atoms with van der Waals surface area (Å²) < 4.78 is 11.4. The van der Waals surface area contributed by atoms with E-state index < -0.39 is 0 Å². The van der Waals surface area contributed by atoms with E-state index in [1.54, 1.807) is 0 Å². The van der Waals surface area contributed by atoms with Crippen molar-refractivity contribution < 1.29 is 9.47 Å². The van der Waals surface area contributed by atoms with Crippen molar-refractivity contribution in [2.24, 2.45) is 4.99 Å². The minimum atomic E-state index is 0.400. The molecule has 0 spiro atoms. The normalized spacial score (nSPS) is 16.3. The zero-order valence-corrected chi connectivity index (χ0v) is 15.3. The average molecular weight is 333 g/mol. The van der Waals surface area contributed by atoms with Crippen molar-refractivity contribution in [1.29, 1.82) is 0 Å². The molecule has 0 aromatic heterocycles. The fourth-order valence-electron chi connectivity index (χ4n) is 2.95. The summed E-state index contributed by atoms with van der Waals surface area (Å²) in [5.74, 6) is 1.90. The molecule has 0 atom stereocenters. The molecule has 5 heteroatoms. The van der Waals surface area contributed by atoms with Gasteiger partial charge in [-0.25, -0.2) is 0 Å². The predicted molar refractivity (Wildman–Crippen MR) is 98.6 cm³/mol. The molecular formula is C19H31N3O2. The van der Waals surface area contributed by atoms with Gasteiger partial charge in [-0.15, -0.1) is 0 Å². The number of piperidine rings is 1. The Kier molecular flexibility index (Phi) is 7.89. The van der Waals surface area contributed by atoms with Crippen molar-refractivity contribution in [3.63, 3.8) is 0 Å². The minimum absolute atomic E-state index is 0.400. The molecular weight excluding hydrogens is 302 g/mol. The lowest BCUT2D eigenvalue weighted by Crippen LogP contribution is -2.46. The Balaban J connectivity index is 1.83. The highest BCUT2D eigenvalue weighted by atomic mass is 16.5. The van der Waals surface area contributed by atoms with Gasteiger partial charge < -0.3 is 19.7 Å². The number of nitrogens with one attached hydrogen (secondary N) is 1. The maximum atomic E-state index is 5.72. The first kappa shape index (κ1) is 18.6. The minimum Gasteiger partial charge on any atom is -0.494 e. The highest BCUT2D eigenvalue weighted by molar-refractivity contribution is 5.80. The molecule has 0 amide bonds. The van der Waals surface area contributed by atoms with E-state index in [0.29, 0.717) is 6.10 Å². The van der Waals surface area contributed by atoms with Gasteiger partial charge in [0, 0.05) is 33.3 Å². The number of benzene rings is 1. The van der Waals surface area contributed by atoms with Crippen molar-refractivity contribution in [3.05, 3.63) is 29.8 Å². The zero-order valence-electron chi connectivity index (χ0n) is 15.3. The van der Waals surface area contributed by atoms with E-state index in [2.05, 4.69) is 41.2 Å². The monoisotopic (exact) mass is 333 g/mol. The Labute approximate surface area is 146 Å². The number of rotatable bonds is 7. The highest BCUT2D eigenvalue weighted by Gasteiger charge is 2.21. The van der Waals surface area contributed by atoms with E-state index in [4.69, 9.17) is 9.47 Å². The number of ether oxygens (including phenoxy) is 2. The summed E-state index contributed by atoms with van der Waals surface area (Å²) >= 11 is 0. The molecule has 0 unspecified atom stereocenters. The van der Waals surface area contributed by atoms with E-state index in [0.717, 1.165) is 63.8 Å². The lowest BCUT2D eigenvalue weighted by Gasteiger charge is -2.34. The van der Waals surface area contributed by atoms with Crippen LogP contribution in [0.2, 0.25) is 0 Å². The van der Waals surface area contributed by atoms with Gasteiger partial charge in [-0.2, -0.15) is 0 Å². The van der Waals surface area contributed by atoms with Crippen LogP contribution in [0.4, 0.5) is 0 Å². The number of aliphatic imine (C=N–C) groups is 1. The van der Waals surface area contributed by atoms with Gasteiger partial charge in [0.1, 0.15) is 5.75 Å². The molecule has 134 valence electrons. The molecule has 1 saturated heterocycles. The zero-order chi connectivity index (χ0) is 17.2. The first-order chi connectivity index (χ1) is 11.8. The second-order valence-corrected chi connectivity index (χ2v) is 6.04. The maximum absolute atomic E-state index is 5.72. The molecule has 2 rings (SSSR count). The van der Waals surface area contributed by atoms with Gasteiger partial charge >= 0.3 is 0 Å². The van der Waals surface area contributed by atoms with Crippen molar-refractivity contribution in [2.45, 2.75) is 45.8 Å². The topological polar surface area (TPSA) is 46.1 Å². The third-order valence-corrected chi connectivity index (χ3v) is 4.18. The Bertz CT molecular complexity index is 511. The molecule has 1 aliphatic rings. The van der Waals surface area contributed by atoms with Crippen molar-refractivity contribution >= 4 is 5.96 Å². The van der Waals surface area contributed by atoms with E-state index in [1.165, 1.54) is 5.56 Å². The van der Waals surface area contributed by atoms with Crippen LogP contribution in [0.25, 0.3) is 0 Å². The number of likely N-dealkylation sites (tertiary alicyclic amines) is 1. The summed E-state index contributed by atoms with van der Waals surface area (Å²) in [6.07, 6.45) is 3.55. The van der Waals surface area contributed by atoms with Crippen LogP contribution < -0.4 is 10.1 Å². The predicted octanol–water partition coefficient (Wildman–Crippen LogP) is 3.05. The first-order valence-corrected chi connectivity index (χ1v) is 9.05. The Hall–Kier alpha value is -1.75. The molecule has 1 heterocycles. The van der Waals surface area contributed by atoms with Gasteiger partial charge in [0.2, 0.25) is 0 Å². The van der Waals surface area contributed by atoms with Crippen LogP contribution in [0.5, 0.6) is 5.75 Å². The van der Waals surface area contributed by atoms with E-state index in [9.17, 15) is 0 Å². The summed E-state index contributed by atoms with van der Waals surface area (Å²) in [5.41, 5.74) is 1.20. The largest absolute Gasteiger partial charge is 0.494 e. The first-order valence-electron chi connectivity index (χ1n) is 9.05. The summed E-state index contributed by atoms with van der Waals surface area (Å²) in [6, 6.07) is 8.25. The summed E-state index contributed by atoms with van der Waals surface area (Å²) in [4.78, 5) is 6.74. The van der Waals surface area contributed by atoms with Crippen LogP contribution in [0.15, 0.2) is 29.3 Å². The summed E-state index contributed by atoms with van der Waals surface area (Å²) in [7, 11) is 1.84. The number of nitrogens with zero attached hydrogens (tertiary/aromatic N) is 2. The Morgan fingerprint density at radius 1 is 1.29 bits per heavy atom. The van der Waals surface area contributed by atoms with Crippen molar-refractivity contribution in [1.82, 2.24) is 10.2 Å². The van der Waals surface area contributed by atoms with Crippen LogP contribution in [-0.2, 0) is 11.3 Å². The third kappa shape index (κ3) is 5.71. The smallest absolute Gasteiger partial charge is 0.193 e. The van der Waals surface area contributed by atoms with Crippen molar-refractivity contribution in [2.75, 3.05) is 33.4 Å². The third-order valence-electron chi connectivity index (χ3n) is 4.18. The average Bonchev–Trinajstić information content (AvgIpc) is 2.62. The van der Waals surface area contributed by atoms with Gasteiger partial charge in [-0.3, -0.25) is 4.99 Å². The number of guanidine groups is 1. The van der Waals surface area contributed by atoms with E-state index >= 15 is 0 Å². The van der Waals surface area contributed by atoms with Gasteiger partial charge in [-0.05, 0) is 43.9 Å². The molecule has 1 aromatic carbocycles. The lowest BCUT2D eigenvalue weighted by atomic mass is 10.1. The molecule has 0 radical (unpaired) electrons. The fraction of sp³-hybridized carbons (Fsp3) is 0.632. The van der Waals surface area contributed by atoms with Crippen LogP contribution in [0, 0.1) is 0 Å². The molecule has 0 bridgehead atoms. The molecule has 1 aliphatic heterocycles. The maximum Gasteiger partial charge on any atom is 0.193 e. The molecule has 24 heavy (non-hydrogen) atoms. The fourth-order valence-corrected chi connectivity index (χ4v) is 2.95. The Morgan fingerprint density at radius 3 is 2.75 bits per heavy atom. The van der Waals surface area contributed by atoms with Crippen LogP contribution in [0.1, 0.15) is 38.7 Å². The number of hydrogen-bond donors (Lipinski definition) is 1. The van der Waals surface area contributed by atoms with Crippen molar-refractivity contribution in [3.8, 4) is 5.75 Å². The van der Waals surface area contributed by atoms with E-state index in [-0.39, 0.29) is 0 Å². The van der Waals surface area contributed by atoms with Crippen LogP contribution in [-0.4, -0.2) is 50.3 Å². The van der Waals surface area contributed by atoms with Crippen LogP contribution in [0.3, 0.4) is 0 Å². The summed E-state index contributed by atoms with van der Waals surface area (Å²) in [5, 5.41) is 3.47.